The van der Waals surface area contributed by atoms with Crippen molar-refractivity contribution in [3.63, 3.8) is 0 Å². The molecule has 1 fully saturated rings. The molecular weight excluding hydrogens is 140 g/mol. The van der Waals surface area contributed by atoms with Crippen LogP contribution in [0.3, 0.4) is 0 Å². The number of aromatic nitrogens is 1. The SMILES string of the molecule is c1coc(C2CCCCN2)n1. The van der Waals surface area contributed by atoms with E-state index < -0.39 is 0 Å². The lowest BCUT2D eigenvalue weighted by atomic mass is 10.1. The Bertz CT molecular complexity index is 202. The molecule has 3 nitrogen and oxygen atoms in total. The zero-order valence-corrected chi connectivity index (χ0v) is 6.42. The van der Waals surface area contributed by atoms with Gasteiger partial charge in [-0.25, -0.2) is 4.98 Å². The van der Waals surface area contributed by atoms with E-state index in [1.54, 1.807) is 12.5 Å². The highest BCUT2D eigenvalue weighted by molar-refractivity contribution is 4.91. The van der Waals surface area contributed by atoms with E-state index in [0.29, 0.717) is 6.04 Å². The van der Waals surface area contributed by atoms with Crippen LogP contribution in [-0.2, 0) is 0 Å². The second kappa shape index (κ2) is 3.05. The van der Waals surface area contributed by atoms with E-state index in [1.807, 2.05) is 0 Å². The number of hydrogen-bond acceptors (Lipinski definition) is 3. The summed E-state index contributed by atoms with van der Waals surface area (Å²) in [5.74, 6) is 0.838. The quantitative estimate of drug-likeness (QED) is 0.662. The summed E-state index contributed by atoms with van der Waals surface area (Å²) in [6.45, 7) is 1.09. The first kappa shape index (κ1) is 6.85. The summed E-state index contributed by atoms with van der Waals surface area (Å²) in [6, 6.07) is 0.360. The van der Waals surface area contributed by atoms with Crippen LogP contribution in [-0.4, -0.2) is 11.5 Å². The summed E-state index contributed by atoms with van der Waals surface area (Å²) in [5.41, 5.74) is 0. The van der Waals surface area contributed by atoms with Crippen LogP contribution < -0.4 is 5.32 Å². The van der Waals surface area contributed by atoms with Gasteiger partial charge in [0.15, 0.2) is 0 Å². The maximum Gasteiger partial charge on any atom is 0.211 e. The van der Waals surface area contributed by atoms with E-state index in [9.17, 15) is 0 Å². The van der Waals surface area contributed by atoms with Gasteiger partial charge in [0.2, 0.25) is 5.89 Å². The third-order valence-corrected chi connectivity index (χ3v) is 2.06. The van der Waals surface area contributed by atoms with E-state index in [-0.39, 0.29) is 0 Å². The molecule has 1 atom stereocenters. The van der Waals surface area contributed by atoms with Crippen molar-refractivity contribution in [2.75, 3.05) is 6.54 Å². The van der Waals surface area contributed by atoms with Gasteiger partial charge < -0.3 is 9.73 Å². The largest absolute Gasteiger partial charge is 0.447 e. The van der Waals surface area contributed by atoms with Gasteiger partial charge in [0.25, 0.3) is 0 Å². The van der Waals surface area contributed by atoms with Crippen molar-refractivity contribution in [2.24, 2.45) is 0 Å². The standard InChI is InChI=1S/C8H12N2O/c1-2-4-9-7(3-1)8-10-5-6-11-8/h5-7,9H,1-4H2. The Balaban J connectivity index is 2.04. The Hall–Kier alpha value is -0.830. The van der Waals surface area contributed by atoms with Crippen molar-refractivity contribution in [3.05, 3.63) is 18.4 Å². The monoisotopic (exact) mass is 152 g/mol. The number of hydrogen-bond donors (Lipinski definition) is 1. The second-order valence-electron chi connectivity index (χ2n) is 2.87. The molecule has 0 aliphatic carbocycles. The number of nitrogens with one attached hydrogen (secondary N) is 1. The topological polar surface area (TPSA) is 38.1 Å². The van der Waals surface area contributed by atoms with E-state index in [2.05, 4.69) is 10.3 Å². The molecule has 60 valence electrons. The Morgan fingerprint density at radius 2 is 2.55 bits per heavy atom. The fraction of sp³-hybridized carbons (Fsp3) is 0.625. The average Bonchev–Trinajstić information content (AvgIpc) is 2.58. The fourth-order valence-corrected chi connectivity index (χ4v) is 1.47. The number of oxazole rings is 1. The lowest BCUT2D eigenvalue weighted by Gasteiger charge is -2.19. The number of rotatable bonds is 1. The van der Waals surface area contributed by atoms with Crippen LogP contribution in [0.2, 0.25) is 0 Å². The van der Waals surface area contributed by atoms with Crippen molar-refractivity contribution in [1.82, 2.24) is 10.3 Å². The molecule has 0 spiro atoms. The Labute approximate surface area is 65.8 Å². The zero-order valence-electron chi connectivity index (χ0n) is 6.42. The Morgan fingerprint density at radius 1 is 1.55 bits per heavy atom. The van der Waals surface area contributed by atoms with Gasteiger partial charge in [-0.05, 0) is 19.4 Å². The van der Waals surface area contributed by atoms with E-state index in [1.165, 1.54) is 12.8 Å². The van der Waals surface area contributed by atoms with Crippen molar-refractivity contribution < 1.29 is 4.42 Å². The molecule has 1 saturated heterocycles. The van der Waals surface area contributed by atoms with Crippen molar-refractivity contribution in [1.29, 1.82) is 0 Å². The highest BCUT2D eigenvalue weighted by atomic mass is 16.3. The summed E-state index contributed by atoms with van der Waals surface area (Å²) >= 11 is 0. The predicted octanol–water partition coefficient (Wildman–Crippen LogP) is 1.49. The number of piperidine rings is 1. The van der Waals surface area contributed by atoms with Crippen LogP contribution in [0.1, 0.15) is 31.2 Å². The zero-order chi connectivity index (χ0) is 7.52. The molecule has 0 amide bonds. The van der Waals surface area contributed by atoms with Gasteiger partial charge in [0.05, 0.1) is 12.2 Å². The molecule has 0 saturated carbocycles. The maximum atomic E-state index is 5.20. The first-order chi connectivity index (χ1) is 5.47. The van der Waals surface area contributed by atoms with Gasteiger partial charge >= 0.3 is 0 Å². The van der Waals surface area contributed by atoms with Gasteiger partial charge in [-0.2, -0.15) is 0 Å². The Kier molecular flexibility index (Phi) is 1.90. The van der Waals surface area contributed by atoms with Crippen LogP contribution in [0.4, 0.5) is 0 Å². The third kappa shape index (κ3) is 1.43. The molecular formula is C8H12N2O. The molecule has 11 heavy (non-hydrogen) atoms. The normalized spacial score (nSPS) is 25.3. The minimum absolute atomic E-state index is 0.360. The average molecular weight is 152 g/mol. The minimum Gasteiger partial charge on any atom is -0.447 e. The van der Waals surface area contributed by atoms with Gasteiger partial charge in [-0.1, -0.05) is 6.42 Å². The summed E-state index contributed by atoms with van der Waals surface area (Å²) in [4.78, 5) is 4.11. The molecule has 0 aromatic carbocycles. The molecule has 1 aromatic rings. The molecule has 1 N–H and O–H groups in total. The van der Waals surface area contributed by atoms with Gasteiger partial charge in [0.1, 0.15) is 6.26 Å². The second-order valence-corrected chi connectivity index (χ2v) is 2.87. The molecule has 1 unspecified atom stereocenters. The molecule has 1 aliphatic heterocycles. The van der Waals surface area contributed by atoms with Crippen molar-refractivity contribution >= 4 is 0 Å². The Morgan fingerprint density at radius 3 is 3.18 bits per heavy atom. The lowest BCUT2D eigenvalue weighted by molar-refractivity contribution is 0.338. The third-order valence-electron chi connectivity index (χ3n) is 2.06. The first-order valence-electron chi connectivity index (χ1n) is 4.09. The van der Waals surface area contributed by atoms with Crippen molar-refractivity contribution in [3.8, 4) is 0 Å². The summed E-state index contributed by atoms with van der Waals surface area (Å²) < 4.78 is 5.20. The minimum atomic E-state index is 0.360. The molecule has 0 radical (unpaired) electrons. The molecule has 0 bridgehead atoms. The first-order valence-corrected chi connectivity index (χ1v) is 4.09. The maximum absolute atomic E-state index is 5.20. The lowest BCUT2D eigenvalue weighted by Crippen LogP contribution is -2.26. The highest BCUT2D eigenvalue weighted by Crippen LogP contribution is 2.20. The fourth-order valence-electron chi connectivity index (χ4n) is 1.47. The van der Waals surface area contributed by atoms with Crippen LogP contribution >= 0.6 is 0 Å². The summed E-state index contributed by atoms with van der Waals surface area (Å²) in [6.07, 6.45) is 7.04. The van der Waals surface area contributed by atoms with E-state index in [4.69, 9.17) is 4.42 Å². The predicted molar refractivity (Wildman–Crippen MR) is 41.1 cm³/mol. The summed E-state index contributed by atoms with van der Waals surface area (Å²) in [7, 11) is 0. The molecule has 3 heteroatoms. The highest BCUT2D eigenvalue weighted by Gasteiger charge is 2.17. The van der Waals surface area contributed by atoms with Crippen LogP contribution in [0.5, 0.6) is 0 Å². The van der Waals surface area contributed by atoms with Gasteiger partial charge in [-0.3, -0.25) is 0 Å². The summed E-state index contributed by atoms with van der Waals surface area (Å²) in [5, 5.41) is 3.37. The molecule has 2 heterocycles. The van der Waals surface area contributed by atoms with E-state index in [0.717, 1.165) is 18.9 Å². The van der Waals surface area contributed by atoms with Crippen LogP contribution in [0, 0.1) is 0 Å². The molecule has 2 rings (SSSR count). The molecule has 1 aliphatic rings. The van der Waals surface area contributed by atoms with E-state index >= 15 is 0 Å². The van der Waals surface area contributed by atoms with Crippen LogP contribution in [0.15, 0.2) is 16.9 Å². The number of nitrogens with zero attached hydrogens (tertiary/aromatic N) is 1. The van der Waals surface area contributed by atoms with Crippen molar-refractivity contribution in [2.45, 2.75) is 25.3 Å². The smallest absolute Gasteiger partial charge is 0.211 e. The molecule has 1 aromatic heterocycles. The van der Waals surface area contributed by atoms with Crippen LogP contribution in [0.25, 0.3) is 0 Å². The van der Waals surface area contributed by atoms with Gasteiger partial charge in [-0.15, -0.1) is 0 Å². The van der Waals surface area contributed by atoms with Gasteiger partial charge in [0, 0.05) is 0 Å².